The lowest BCUT2D eigenvalue weighted by atomic mass is 10.0. The average Bonchev–Trinajstić information content (AvgIpc) is 3.20. The predicted molar refractivity (Wildman–Crippen MR) is 96.3 cm³/mol. The molecule has 0 aliphatic carbocycles. The van der Waals surface area contributed by atoms with Crippen molar-refractivity contribution in [3.63, 3.8) is 0 Å². The molecule has 1 N–H and O–H groups in total. The number of nitrogens with one attached hydrogen (secondary N) is 1. The van der Waals surface area contributed by atoms with Crippen LogP contribution in [0.1, 0.15) is 58.8 Å². The van der Waals surface area contributed by atoms with E-state index >= 15 is 0 Å². The average molecular weight is 364 g/mol. The number of aromatic nitrogens is 1. The van der Waals surface area contributed by atoms with Crippen LogP contribution in [0, 0.1) is 19.8 Å². The third-order valence-electron chi connectivity index (χ3n) is 4.69. The lowest BCUT2D eigenvalue weighted by Crippen LogP contribution is -2.42. The second-order valence-electron chi connectivity index (χ2n) is 7.05. The molecule has 1 fully saturated rings. The fraction of sp³-hybridized carbons (Fsp3) is 0.632. The number of rotatable bonds is 7. The molecule has 7 nitrogen and oxygen atoms in total. The molecule has 1 aromatic heterocycles. The molecule has 1 aliphatic heterocycles. The van der Waals surface area contributed by atoms with Gasteiger partial charge in [-0.3, -0.25) is 9.59 Å². The van der Waals surface area contributed by atoms with Crippen LogP contribution in [0.5, 0.6) is 0 Å². The van der Waals surface area contributed by atoms with Crippen LogP contribution in [0.15, 0.2) is 0 Å². The van der Waals surface area contributed by atoms with Crippen molar-refractivity contribution in [2.45, 2.75) is 46.6 Å². The van der Waals surface area contributed by atoms with Gasteiger partial charge in [0.1, 0.15) is 5.69 Å². The number of ketones is 1. The van der Waals surface area contributed by atoms with E-state index in [4.69, 9.17) is 9.47 Å². The van der Waals surface area contributed by atoms with E-state index < -0.39 is 5.97 Å². The second-order valence-corrected chi connectivity index (χ2v) is 7.05. The molecule has 26 heavy (non-hydrogen) atoms. The summed E-state index contributed by atoms with van der Waals surface area (Å²) in [5.41, 5.74) is 1.86. The highest BCUT2D eigenvalue weighted by Gasteiger charge is 2.28. The van der Waals surface area contributed by atoms with Gasteiger partial charge in [0, 0.05) is 30.3 Å². The fourth-order valence-corrected chi connectivity index (χ4v) is 3.36. The van der Waals surface area contributed by atoms with Crippen molar-refractivity contribution in [2.24, 2.45) is 5.92 Å². The Bertz CT molecular complexity index is 686. The summed E-state index contributed by atoms with van der Waals surface area (Å²) in [5.74, 6) is -0.992. The number of esters is 1. The third-order valence-corrected chi connectivity index (χ3v) is 4.69. The summed E-state index contributed by atoms with van der Waals surface area (Å²) >= 11 is 0. The largest absolute Gasteiger partial charge is 0.464 e. The minimum absolute atomic E-state index is 0.0236. The van der Waals surface area contributed by atoms with Crippen LogP contribution in [-0.4, -0.2) is 60.5 Å². The highest BCUT2D eigenvalue weighted by molar-refractivity contribution is 6.04. The third kappa shape index (κ3) is 4.33. The molecule has 7 heteroatoms. The van der Waals surface area contributed by atoms with Gasteiger partial charge in [0.05, 0.1) is 19.8 Å². The molecule has 1 aliphatic rings. The van der Waals surface area contributed by atoms with Gasteiger partial charge < -0.3 is 19.4 Å². The van der Waals surface area contributed by atoms with Crippen molar-refractivity contribution in [1.82, 2.24) is 9.88 Å². The minimum Gasteiger partial charge on any atom is -0.464 e. The lowest BCUT2D eigenvalue weighted by Gasteiger charge is -2.26. The summed E-state index contributed by atoms with van der Waals surface area (Å²) in [7, 11) is 1.30. The Hall–Kier alpha value is -2.15. The van der Waals surface area contributed by atoms with Crippen LogP contribution in [0.4, 0.5) is 0 Å². The molecule has 0 bridgehead atoms. The zero-order valence-electron chi connectivity index (χ0n) is 16.2. The summed E-state index contributed by atoms with van der Waals surface area (Å²) in [6.45, 7) is 8.15. The second kappa shape index (κ2) is 8.49. The normalized spacial score (nSPS) is 16.8. The number of hydrogen-bond acceptors (Lipinski definition) is 5. The van der Waals surface area contributed by atoms with E-state index in [1.165, 1.54) is 7.11 Å². The van der Waals surface area contributed by atoms with Crippen molar-refractivity contribution in [1.29, 1.82) is 0 Å². The summed E-state index contributed by atoms with van der Waals surface area (Å²) in [5, 5.41) is 0. The molecule has 1 amide bonds. The number of carbonyl (C=O) groups excluding carboxylic acids is 3. The standard InChI is InChI=1S/C19H28N2O5/c1-11(2)18(23)21(9-14-7-6-8-26-14)10-15(22)16-12(3)17(19(24)25-5)20-13(16)4/h11,14,20H,6-10H2,1-5H3/t14-/m0/s1. The number of aryl methyl sites for hydroxylation is 1. The van der Waals surface area contributed by atoms with Gasteiger partial charge in [0.2, 0.25) is 5.91 Å². The molecule has 0 radical (unpaired) electrons. The topological polar surface area (TPSA) is 88.7 Å². The monoisotopic (exact) mass is 364 g/mol. The first-order valence-electron chi connectivity index (χ1n) is 8.97. The van der Waals surface area contributed by atoms with Gasteiger partial charge in [-0.05, 0) is 32.3 Å². The fourth-order valence-electron chi connectivity index (χ4n) is 3.36. The van der Waals surface area contributed by atoms with Crippen LogP contribution in [-0.2, 0) is 14.3 Å². The summed E-state index contributed by atoms with van der Waals surface area (Å²) < 4.78 is 10.4. The van der Waals surface area contributed by atoms with Crippen molar-refractivity contribution in [3.05, 3.63) is 22.5 Å². The molecule has 2 heterocycles. The van der Waals surface area contributed by atoms with Crippen molar-refractivity contribution >= 4 is 17.7 Å². The van der Waals surface area contributed by atoms with Crippen LogP contribution in [0.3, 0.4) is 0 Å². The number of carbonyl (C=O) groups is 3. The number of H-pyrrole nitrogens is 1. The van der Waals surface area contributed by atoms with E-state index in [0.29, 0.717) is 30.0 Å². The summed E-state index contributed by atoms with van der Waals surface area (Å²) in [4.78, 5) is 41.8. The van der Waals surface area contributed by atoms with Crippen LogP contribution in [0.2, 0.25) is 0 Å². The Morgan fingerprint density at radius 2 is 2.00 bits per heavy atom. The number of nitrogens with zero attached hydrogens (tertiary/aromatic N) is 1. The first kappa shape index (κ1) is 20.2. The maximum absolute atomic E-state index is 12.9. The van der Waals surface area contributed by atoms with Gasteiger partial charge in [-0.25, -0.2) is 4.79 Å². The van der Waals surface area contributed by atoms with Crippen molar-refractivity contribution < 1.29 is 23.9 Å². The van der Waals surface area contributed by atoms with Crippen LogP contribution < -0.4 is 0 Å². The first-order chi connectivity index (χ1) is 12.3. The maximum Gasteiger partial charge on any atom is 0.354 e. The van der Waals surface area contributed by atoms with E-state index in [1.807, 2.05) is 13.8 Å². The van der Waals surface area contributed by atoms with Crippen LogP contribution >= 0.6 is 0 Å². The Labute approximate surface area is 154 Å². The highest BCUT2D eigenvalue weighted by Crippen LogP contribution is 2.21. The number of Topliss-reactive ketones (excluding diaryl/α,β-unsaturated/α-hetero) is 1. The number of aromatic amines is 1. The number of amides is 1. The van der Waals surface area contributed by atoms with Gasteiger partial charge >= 0.3 is 5.97 Å². The van der Waals surface area contributed by atoms with Gasteiger partial charge in [-0.2, -0.15) is 0 Å². The van der Waals surface area contributed by atoms with E-state index in [0.717, 1.165) is 12.8 Å². The molecule has 2 rings (SSSR count). The zero-order valence-corrected chi connectivity index (χ0v) is 16.2. The van der Waals surface area contributed by atoms with E-state index in [-0.39, 0.29) is 36.0 Å². The van der Waals surface area contributed by atoms with E-state index in [2.05, 4.69) is 4.98 Å². The van der Waals surface area contributed by atoms with Gasteiger partial charge in [-0.15, -0.1) is 0 Å². The van der Waals surface area contributed by atoms with Crippen molar-refractivity contribution in [2.75, 3.05) is 26.8 Å². The van der Waals surface area contributed by atoms with Crippen LogP contribution in [0.25, 0.3) is 0 Å². The number of ether oxygens (including phenoxy) is 2. The Kier molecular flexibility index (Phi) is 6.58. The molecular weight excluding hydrogens is 336 g/mol. The highest BCUT2D eigenvalue weighted by atomic mass is 16.5. The minimum atomic E-state index is -0.515. The first-order valence-corrected chi connectivity index (χ1v) is 8.97. The Morgan fingerprint density at radius 1 is 1.31 bits per heavy atom. The van der Waals surface area contributed by atoms with Crippen molar-refractivity contribution in [3.8, 4) is 0 Å². The SMILES string of the molecule is COC(=O)c1[nH]c(C)c(C(=O)CN(C[C@@H]2CCCO2)C(=O)C(C)C)c1C. The smallest absolute Gasteiger partial charge is 0.354 e. The summed E-state index contributed by atoms with van der Waals surface area (Å²) in [6.07, 6.45) is 1.84. The number of methoxy groups -OCH3 is 1. The predicted octanol–water partition coefficient (Wildman–Crippen LogP) is 2.26. The maximum atomic E-state index is 12.9. The number of hydrogen-bond donors (Lipinski definition) is 1. The van der Waals surface area contributed by atoms with E-state index in [9.17, 15) is 14.4 Å². The van der Waals surface area contributed by atoms with Gasteiger partial charge in [0.15, 0.2) is 5.78 Å². The van der Waals surface area contributed by atoms with Gasteiger partial charge in [-0.1, -0.05) is 13.8 Å². The molecule has 0 aromatic carbocycles. The molecule has 0 unspecified atom stereocenters. The zero-order chi connectivity index (χ0) is 19.4. The van der Waals surface area contributed by atoms with E-state index in [1.54, 1.807) is 18.7 Å². The molecule has 0 spiro atoms. The molecular formula is C19H28N2O5. The molecule has 1 aromatic rings. The lowest BCUT2D eigenvalue weighted by molar-refractivity contribution is -0.135. The Morgan fingerprint density at radius 3 is 2.54 bits per heavy atom. The Balaban J connectivity index is 2.22. The molecule has 1 saturated heterocycles. The quantitative estimate of drug-likeness (QED) is 0.592. The summed E-state index contributed by atoms with van der Waals surface area (Å²) in [6, 6.07) is 0. The molecule has 144 valence electrons. The molecule has 0 saturated carbocycles. The van der Waals surface area contributed by atoms with Gasteiger partial charge in [0.25, 0.3) is 0 Å². The molecule has 1 atom stereocenters.